The molecule has 0 aliphatic rings. The molecule has 21 heavy (non-hydrogen) atoms. The quantitative estimate of drug-likeness (QED) is 0.778. The monoisotopic (exact) mass is 301 g/mol. The van der Waals surface area contributed by atoms with Gasteiger partial charge in [-0.3, -0.25) is 9.89 Å². The second kappa shape index (κ2) is 5.53. The van der Waals surface area contributed by atoms with Gasteiger partial charge in [-0.25, -0.2) is 4.98 Å². The molecule has 0 unspecified atom stereocenters. The van der Waals surface area contributed by atoms with Crippen LogP contribution in [-0.4, -0.2) is 25.7 Å². The first-order valence-electron chi connectivity index (χ1n) is 6.54. The predicted octanol–water partition coefficient (Wildman–Crippen LogP) is 2.84. The fourth-order valence-electron chi connectivity index (χ4n) is 1.96. The average molecular weight is 301 g/mol. The molecule has 2 N–H and O–H groups in total. The topological polar surface area (TPSA) is 75.6 Å². The minimum absolute atomic E-state index is 0.131. The van der Waals surface area contributed by atoms with Crippen LogP contribution < -0.4 is 5.32 Å². The summed E-state index contributed by atoms with van der Waals surface area (Å²) >= 11 is 1.68. The Morgan fingerprint density at radius 2 is 2.33 bits per heavy atom. The zero-order chi connectivity index (χ0) is 14.8. The number of thiophene rings is 1. The van der Waals surface area contributed by atoms with Crippen molar-refractivity contribution < 1.29 is 4.79 Å². The van der Waals surface area contributed by atoms with Crippen LogP contribution in [0.4, 0.5) is 5.82 Å². The van der Waals surface area contributed by atoms with Crippen LogP contribution >= 0.6 is 11.3 Å². The number of H-pyrrole nitrogens is 1. The van der Waals surface area contributed by atoms with Crippen molar-refractivity contribution >= 4 is 23.1 Å². The second-order valence-electron chi connectivity index (χ2n) is 4.75. The van der Waals surface area contributed by atoms with Crippen LogP contribution in [0, 0.1) is 6.92 Å². The molecular formula is C14H15N5OS. The second-order valence-corrected chi connectivity index (χ2v) is 6.04. The summed E-state index contributed by atoms with van der Waals surface area (Å²) in [5.74, 6) is 0.390. The number of nitrogens with zero attached hydrogens (tertiary/aromatic N) is 3. The fourth-order valence-corrected chi connectivity index (χ4v) is 2.79. The Balaban J connectivity index is 1.71. The standard InChI is InChI=1S/C14H15N5OS/c1-9-3-4-12(21-9)11-7-13(18-17-11)16-14(20)10(2)19-6-5-15-8-19/h3-8,10H,1-2H3,(H2,16,17,18,20)/t10-/m0/s1. The molecule has 0 aliphatic heterocycles. The van der Waals surface area contributed by atoms with E-state index in [0.717, 1.165) is 10.6 Å². The van der Waals surface area contributed by atoms with E-state index in [1.165, 1.54) is 4.88 Å². The van der Waals surface area contributed by atoms with Gasteiger partial charge in [-0.15, -0.1) is 11.3 Å². The molecule has 0 radical (unpaired) electrons. The number of aryl methyl sites for hydroxylation is 1. The summed E-state index contributed by atoms with van der Waals surface area (Å²) in [5.41, 5.74) is 0.902. The SMILES string of the molecule is Cc1ccc(-c2cc(NC(=O)[C@H](C)n3ccnc3)n[nH]2)s1. The number of nitrogens with one attached hydrogen (secondary N) is 2. The van der Waals surface area contributed by atoms with Gasteiger partial charge in [0, 0.05) is 23.3 Å². The number of rotatable bonds is 4. The molecule has 0 saturated heterocycles. The molecule has 0 bridgehead atoms. The van der Waals surface area contributed by atoms with E-state index in [1.54, 1.807) is 34.6 Å². The number of carbonyl (C=O) groups is 1. The first kappa shape index (κ1) is 13.6. The Morgan fingerprint density at radius 3 is 3.00 bits per heavy atom. The molecule has 3 aromatic heterocycles. The molecule has 108 valence electrons. The van der Waals surface area contributed by atoms with Crippen LogP contribution in [0.15, 0.2) is 36.9 Å². The molecule has 0 aliphatic carbocycles. The minimum Gasteiger partial charge on any atom is -0.325 e. The van der Waals surface area contributed by atoms with E-state index in [-0.39, 0.29) is 11.9 Å². The fraction of sp³-hybridized carbons (Fsp3) is 0.214. The Kier molecular flexibility index (Phi) is 3.57. The molecule has 3 aromatic rings. The van der Waals surface area contributed by atoms with Crippen molar-refractivity contribution in [1.82, 2.24) is 19.7 Å². The number of carbonyl (C=O) groups excluding carboxylic acids is 1. The lowest BCUT2D eigenvalue weighted by atomic mass is 10.3. The van der Waals surface area contributed by atoms with Gasteiger partial charge in [0.05, 0.1) is 16.9 Å². The number of amides is 1. The third kappa shape index (κ3) is 2.87. The summed E-state index contributed by atoms with van der Waals surface area (Å²) in [6.45, 7) is 3.87. The number of hydrogen-bond acceptors (Lipinski definition) is 4. The van der Waals surface area contributed by atoms with E-state index in [0.29, 0.717) is 5.82 Å². The van der Waals surface area contributed by atoms with Gasteiger partial charge in [0.1, 0.15) is 6.04 Å². The molecule has 6 nitrogen and oxygen atoms in total. The summed E-state index contributed by atoms with van der Waals surface area (Å²) in [6, 6.07) is 5.59. The molecule has 1 amide bonds. The van der Waals surface area contributed by atoms with Crippen LogP contribution in [0.25, 0.3) is 10.6 Å². The van der Waals surface area contributed by atoms with E-state index in [1.807, 2.05) is 19.1 Å². The Labute approximate surface area is 125 Å². The van der Waals surface area contributed by atoms with E-state index < -0.39 is 0 Å². The van der Waals surface area contributed by atoms with E-state index in [9.17, 15) is 4.79 Å². The number of imidazole rings is 1. The third-order valence-electron chi connectivity index (χ3n) is 3.19. The van der Waals surface area contributed by atoms with Gasteiger partial charge in [-0.05, 0) is 26.0 Å². The molecule has 0 spiro atoms. The Hall–Kier alpha value is -2.41. The van der Waals surface area contributed by atoms with Gasteiger partial charge >= 0.3 is 0 Å². The van der Waals surface area contributed by atoms with Crippen molar-refractivity contribution in [3.8, 4) is 10.6 Å². The molecule has 0 aromatic carbocycles. The summed E-state index contributed by atoms with van der Waals surface area (Å²) < 4.78 is 1.74. The normalized spacial score (nSPS) is 12.3. The van der Waals surface area contributed by atoms with E-state index in [2.05, 4.69) is 33.5 Å². The van der Waals surface area contributed by atoms with Crippen molar-refractivity contribution in [2.45, 2.75) is 19.9 Å². The summed E-state index contributed by atoms with van der Waals surface area (Å²) in [7, 11) is 0. The maximum absolute atomic E-state index is 12.1. The maximum atomic E-state index is 12.1. The zero-order valence-electron chi connectivity index (χ0n) is 11.7. The molecule has 0 saturated carbocycles. The molecule has 0 fully saturated rings. The van der Waals surface area contributed by atoms with Crippen LogP contribution in [0.3, 0.4) is 0 Å². The van der Waals surface area contributed by atoms with Gasteiger partial charge in [-0.2, -0.15) is 5.10 Å². The van der Waals surface area contributed by atoms with Gasteiger partial charge in [0.25, 0.3) is 0 Å². The molecule has 7 heteroatoms. The molecule has 3 rings (SSSR count). The van der Waals surface area contributed by atoms with Crippen molar-refractivity contribution in [2.75, 3.05) is 5.32 Å². The third-order valence-corrected chi connectivity index (χ3v) is 4.22. The Morgan fingerprint density at radius 1 is 1.48 bits per heavy atom. The lowest BCUT2D eigenvalue weighted by Gasteiger charge is -2.11. The van der Waals surface area contributed by atoms with Crippen molar-refractivity contribution in [3.05, 3.63) is 41.8 Å². The molecule has 1 atom stereocenters. The largest absolute Gasteiger partial charge is 0.325 e. The van der Waals surface area contributed by atoms with Crippen LogP contribution in [0.2, 0.25) is 0 Å². The average Bonchev–Trinajstić information content (AvgIpc) is 3.17. The van der Waals surface area contributed by atoms with Crippen LogP contribution in [-0.2, 0) is 4.79 Å². The minimum atomic E-state index is -0.336. The summed E-state index contributed by atoms with van der Waals surface area (Å²) in [4.78, 5) is 18.4. The van der Waals surface area contributed by atoms with E-state index in [4.69, 9.17) is 0 Å². The maximum Gasteiger partial charge on any atom is 0.248 e. The predicted molar refractivity (Wildman–Crippen MR) is 82.2 cm³/mol. The Bertz CT molecular complexity index is 743. The van der Waals surface area contributed by atoms with Gasteiger partial charge < -0.3 is 9.88 Å². The van der Waals surface area contributed by atoms with Crippen molar-refractivity contribution in [2.24, 2.45) is 0 Å². The van der Waals surface area contributed by atoms with E-state index >= 15 is 0 Å². The highest BCUT2D eigenvalue weighted by Crippen LogP contribution is 2.27. The lowest BCUT2D eigenvalue weighted by molar-refractivity contribution is -0.118. The highest BCUT2D eigenvalue weighted by atomic mass is 32.1. The highest BCUT2D eigenvalue weighted by molar-refractivity contribution is 7.15. The molecule has 3 heterocycles. The summed E-state index contributed by atoms with van der Waals surface area (Å²) in [5, 5.41) is 9.87. The summed E-state index contributed by atoms with van der Waals surface area (Å²) in [6.07, 6.45) is 5.03. The highest BCUT2D eigenvalue weighted by Gasteiger charge is 2.16. The first-order chi connectivity index (χ1) is 10.1. The smallest absolute Gasteiger partial charge is 0.248 e. The van der Waals surface area contributed by atoms with Gasteiger partial charge in [0.15, 0.2) is 5.82 Å². The van der Waals surface area contributed by atoms with Gasteiger partial charge in [0.2, 0.25) is 5.91 Å². The lowest BCUT2D eigenvalue weighted by Crippen LogP contribution is -2.23. The number of aromatic nitrogens is 4. The number of hydrogen-bond donors (Lipinski definition) is 2. The zero-order valence-corrected chi connectivity index (χ0v) is 12.5. The van der Waals surface area contributed by atoms with Crippen LogP contribution in [0.5, 0.6) is 0 Å². The number of aromatic amines is 1. The number of anilines is 1. The van der Waals surface area contributed by atoms with Crippen molar-refractivity contribution in [3.63, 3.8) is 0 Å². The van der Waals surface area contributed by atoms with Crippen molar-refractivity contribution in [1.29, 1.82) is 0 Å². The van der Waals surface area contributed by atoms with Crippen LogP contribution in [0.1, 0.15) is 17.8 Å². The van der Waals surface area contributed by atoms with Gasteiger partial charge in [-0.1, -0.05) is 0 Å². The molecular weight excluding hydrogens is 286 g/mol. The first-order valence-corrected chi connectivity index (χ1v) is 7.35.